The van der Waals surface area contributed by atoms with Gasteiger partial charge < -0.3 is 14.2 Å². The Labute approximate surface area is 153 Å². The Morgan fingerprint density at radius 3 is 2.69 bits per heavy atom. The number of nitrogens with one attached hydrogen (secondary N) is 1. The predicted octanol–water partition coefficient (Wildman–Crippen LogP) is 3.65. The highest BCUT2D eigenvalue weighted by Gasteiger charge is 2.11. The summed E-state index contributed by atoms with van der Waals surface area (Å²) in [4.78, 5) is 12.3. The molecule has 6 nitrogen and oxygen atoms in total. The van der Waals surface area contributed by atoms with Crippen molar-refractivity contribution in [1.82, 2.24) is 5.43 Å². The van der Waals surface area contributed by atoms with Crippen LogP contribution in [0.2, 0.25) is 0 Å². The van der Waals surface area contributed by atoms with E-state index in [0.29, 0.717) is 30.3 Å². The van der Waals surface area contributed by atoms with E-state index in [2.05, 4.69) is 10.5 Å². The van der Waals surface area contributed by atoms with E-state index >= 15 is 0 Å². The highest BCUT2D eigenvalue weighted by molar-refractivity contribution is 5.95. The van der Waals surface area contributed by atoms with E-state index in [0.717, 1.165) is 17.7 Å². The van der Waals surface area contributed by atoms with Gasteiger partial charge in [-0.3, -0.25) is 4.79 Å². The Morgan fingerprint density at radius 1 is 1.12 bits per heavy atom. The summed E-state index contributed by atoms with van der Waals surface area (Å²) < 4.78 is 16.4. The highest BCUT2D eigenvalue weighted by Crippen LogP contribution is 2.28. The molecule has 2 rings (SSSR count). The van der Waals surface area contributed by atoms with Crippen molar-refractivity contribution >= 4 is 12.1 Å². The summed E-state index contributed by atoms with van der Waals surface area (Å²) in [6, 6.07) is 12.5. The van der Waals surface area contributed by atoms with Crippen LogP contribution in [-0.4, -0.2) is 32.4 Å². The lowest BCUT2D eigenvalue weighted by Gasteiger charge is -2.12. The second-order valence-corrected chi connectivity index (χ2v) is 5.42. The second-order valence-electron chi connectivity index (χ2n) is 5.42. The van der Waals surface area contributed by atoms with Crippen LogP contribution in [0.3, 0.4) is 0 Å². The molecule has 2 aromatic carbocycles. The van der Waals surface area contributed by atoms with Crippen LogP contribution < -0.4 is 19.6 Å². The van der Waals surface area contributed by atoms with E-state index in [9.17, 15) is 4.79 Å². The zero-order chi connectivity index (χ0) is 18.8. The van der Waals surface area contributed by atoms with Crippen LogP contribution in [0, 0.1) is 0 Å². The lowest BCUT2D eigenvalue weighted by Crippen LogP contribution is -2.17. The second kappa shape index (κ2) is 10.1. The Balaban J connectivity index is 2.06. The number of ether oxygens (including phenoxy) is 3. The minimum atomic E-state index is -0.327. The lowest BCUT2D eigenvalue weighted by atomic mass is 10.2. The molecular formula is C20H24N2O4. The molecular weight excluding hydrogens is 332 g/mol. The van der Waals surface area contributed by atoms with Gasteiger partial charge >= 0.3 is 0 Å². The number of hydrazone groups is 1. The number of hydrogen-bond donors (Lipinski definition) is 1. The third-order valence-corrected chi connectivity index (χ3v) is 3.44. The number of carbonyl (C=O) groups is 1. The number of amides is 1. The van der Waals surface area contributed by atoms with E-state index in [1.807, 2.05) is 38.1 Å². The molecule has 0 aliphatic carbocycles. The van der Waals surface area contributed by atoms with Crippen molar-refractivity contribution in [1.29, 1.82) is 0 Å². The normalized spacial score (nSPS) is 10.6. The Kier molecular flexibility index (Phi) is 7.49. The van der Waals surface area contributed by atoms with E-state index in [-0.39, 0.29) is 5.91 Å². The fraction of sp³-hybridized carbons (Fsp3) is 0.300. The van der Waals surface area contributed by atoms with Crippen molar-refractivity contribution in [2.75, 3.05) is 20.3 Å². The summed E-state index contributed by atoms with van der Waals surface area (Å²) in [6.07, 6.45) is 2.45. The molecule has 2 aromatic rings. The molecule has 1 N–H and O–H groups in total. The first kappa shape index (κ1) is 19.3. The standard InChI is InChI=1S/C20H24N2O4/c1-4-11-26-18-10-9-16(13-19(18)25-5-2)20(23)22-21-14-15-7-6-8-17(12-15)24-3/h6-10,12-14H,4-5,11H2,1-3H3,(H,22,23)/b21-14+. The first-order valence-electron chi connectivity index (χ1n) is 8.55. The average molecular weight is 356 g/mol. The average Bonchev–Trinajstić information content (AvgIpc) is 2.67. The van der Waals surface area contributed by atoms with Crippen LogP contribution in [0.1, 0.15) is 36.2 Å². The molecule has 138 valence electrons. The van der Waals surface area contributed by atoms with Crippen molar-refractivity contribution in [3.63, 3.8) is 0 Å². The van der Waals surface area contributed by atoms with Gasteiger partial charge in [-0.1, -0.05) is 19.1 Å². The van der Waals surface area contributed by atoms with Crippen LogP contribution in [0.15, 0.2) is 47.6 Å². The molecule has 0 aromatic heterocycles. The van der Waals surface area contributed by atoms with Crippen LogP contribution in [0.4, 0.5) is 0 Å². The molecule has 0 bridgehead atoms. The van der Waals surface area contributed by atoms with Crippen LogP contribution in [0.25, 0.3) is 0 Å². The SMILES string of the molecule is CCCOc1ccc(C(=O)N/N=C/c2cccc(OC)c2)cc1OCC. The topological polar surface area (TPSA) is 69.2 Å². The van der Waals surface area contributed by atoms with Gasteiger partial charge in [0.15, 0.2) is 11.5 Å². The fourth-order valence-electron chi connectivity index (χ4n) is 2.20. The smallest absolute Gasteiger partial charge is 0.271 e. The highest BCUT2D eigenvalue weighted by atomic mass is 16.5. The summed E-state index contributed by atoms with van der Waals surface area (Å²) in [5.41, 5.74) is 3.78. The molecule has 26 heavy (non-hydrogen) atoms. The van der Waals surface area contributed by atoms with Gasteiger partial charge in [0.05, 0.1) is 26.5 Å². The molecule has 0 atom stereocenters. The molecule has 1 amide bonds. The molecule has 0 aliphatic heterocycles. The maximum absolute atomic E-state index is 12.3. The molecule has 0 heterocycles. The van der Waals surface area contributed by atoms with E-state index in [1.54, 1.807) is 31.5 Å². The number of nitrogens with zero attached hydrogens (tertiary/aromatic N) is 1. The maximum Gasteiger partial charge on any atom is 0.271 e. The molecule has 6 heteroatoms. The van der Waals surface area contributed by atoms with Crippen molar-refractivity contribution in [3.8, 4) is 17.2 Å². The largest absolute Gasteiger partial charge is 0.497 e. The number of carbonyl (C=O) groups excluding carboxylic acids is 1. The van der Waals surface area contributed by atoms with Crippen LogP contribution in [0.5, 0.6) is 17.2 Å². The monoisotopic (exact) mass is 356 g/mol. The van der Waals surface area contributed by atoms with Crippen molar-refractivity contribution < 1.29 is 19.0 Å². The zero-order valence-electron chi connectivity index (χ0n) is 15.3. The summed E-state index contributed by atoms with van der Waals surface area (Å²) in [5.74, 6) is 1.58. The minimum Gasteiger partial charge on any atom is -0.497 e. The fourth-order valence-corrected chi connectivity index (χ4v) is 2.20. The summed E-state index contributed by atoms with van der Waals surface area (Å²) in [5, 5.41) is 3.99. The van der Waals surface area contributed by atoms with E-state index in [1.165, 1.54) is 0 Å². The van der Waals surface area contributed by atoms with Gasteiger partial charge in [-0.2, -0.15) is 5.10 Å². The lowest BCUT2D eigenvalue weighted by molar-refractivity contribution is 0.0954. The first-order chi connectivity index (χ1) is 12.7. The Bertz CT molecular complexity index is 759. The molecule has 0 saturated carbocycles. The molecule has 0 unspecified atom stereocenters. The van der Waals surface area contributed by atoms with Crippen molar-refractivity contribution in [2.45, 2.75) is 20.3 Å². The Morgan fingerprint density at radius 2 is 1.96 bits per heavy atom. The minimum absolute atomic E-state index is 0.327. The number of methoxy groups -OCH3 is 1. The molecule has 0 aliphatic rings. The maximum atomic E-state index is 12.3. The van der Waals surface area contributed by atoms with Gasteiger partial charge in [0.1, 0.15) is 5.75 Å². The number of hydrogen-bond acceptors (Lipinski definition) is 5. The van der Waals surface area contributed by atoms with Crippen LogP contribution in [-0.2, 0) is 0 Å². The molecule has 0 saturated heterocycles. The molecule has 0 fully saturated rings. The summed E-state index contributed by atoms with van der Waals surface area (Å²) in [7, 11) is 1.60. The molecule has 0 spiro atoms. The predicted molar refractivity (Wildman–Crippen MR) is 101 cm³/mol. The van der Waals surface area contributed by atoms with Gasteiger partial charge in [-0.15, -0.1) is 0 Å². The number of benzene rings is 2. The van der Waals surface area contributed by atoms with E-state index in [4.69, 9.17) is 14.2 Å². The van der Waals surface area contributed by atoms with Crippen LogP contribution >= 0.6 is 0 Å². The zero-order valence-corrected chi connectivity index (χ0v) is 15.3. The van der Waals surface area contributed by atoms with Gasteiger partial charge in [0, 0.05) is 5.56 Å². The van der Waals surface area contributed by atoms with Crippen molar-refractivity contribution in [2.24, 2.45) is 5.10 Å². The van der Waals surface area contributed by atoms with Gasteiger partial charge in [0.2, 0.25) is 0 Å². The van der Waals surface area contributed by atoms with E-state index < -0.39 is 0 Å². The first-order valence-corrected chi connectivity index (χ1v) is 8.55. The summed E-state index contributed by atoms with van der Waals surface area (Å²) >= 11 is 0. The third kappa shape index (κ3) is 5.51. The van der Waals surface area contributed by atoms with Gasteiger partial charge in [0.25, 0.3) is 5.91 Å². The summed E-state index contributed by atoms with van der Waals surface area (Å²) in [6.45, 7) is 5.00. The third-order valence-electron chi connectivity index (χ3n) is 3.44. The number of rotatable bonds is 9. The molecule has 0 radical (unpaired) electrons. The van der Waals surface area contributed by atoms with Gasteiger partial charge in [-0.05, 0) is 49.2 Å². The van der Waals surface area contributed by atoms with Crippen molar-refractivity contribution in [3.05, 3.63) is 53.6 Å². The quantitative estimate of drug-likeness (QED) is 0.550. The Hall–Kier alpha value is -3.02. The van der Waals surface area contributed by atoms with Gasteiger partial charge in [-0.25, -0.2) is 5.43 Å².